The van der Waals surface area contributed by atoms with Crippen LogP contribution >= 0.6 is 0 Å². The molecule has 4 heteroatoms. The molecule has 0 bridgehead atoms. The van der Waals surface area contributed by atoms with Crippen LogP contribution in [0.2, 0.25) is 0 Å². The van der Waals surface area contributed by atoms with Gasteiger partial charge in [-0.15, -0.1) is 0 Å². The van der Waals surface area contributed by atoms with E-state index in [1.54, 1.807) is 0 Å². The van der Waals surface area contributed by atoms with Crippen LogP contribution in [-0.2, 0) is 13.1 Å². The van der Waals surface area contributed by atoms with Gasteiger partial charge in [0.15, 0.2) is 6.61 Å². The number of ether oxygens (including phenoxy) is 1. The Morgan fingerprint density at radius 3 is 2.65 bits per heavy atom. The van der Waals surface area contributed by atoms with Gasteiger partial charge in [0.05, 0.1) is 5.69 Å². The van der Waals surface area contributed by atoms with E-state index in [2.05, 4.69) is 10.3 Å². The van der Waals surface area contributed by atoms with Gasteiger partial charge in [-0.05, 0) is 36.8 Å². The standard InChI is InChI=1S/C16H17N3O/c1-13-3-2-4-15(19-13)12-18-11-14-5-7-16(8-6-14)20-10-9-17/h2-8,18H,10-12H2,1H3. The zero-order chi connectivity index (χ0) is 14.2. The average Bonchev–Trinajstić information content (AvgIpc) is 2.46. The van der Waals surface area contributed by atoms with Gasteiger partial charge in [0, 0.05) is 18.8 Å². The third kappa shape index (κ3) is 4.38. The van der Waals surface area contributed by atoms with Crippen LogP contribution in [0.5, 0.6) is 5.75 Å². The molecule has 0 atom stereocenters. The Morgan fingerprint density at radius 2 is 1.95 bits per heavy atom. The van der Waals surface area contributed by atoms with Crippen LogP contribution < -0.4 is 10.1 Å². The van der Waals surface area contributed by atoms with Crippen molar-refractivity contribution >= 4 is 0 Å². The molecule has 1 aromatic carbocycles. The predicted octanol–water partition coefficient (Wildman–Crippen LogP) is 2.58. The van der Waals surface area contributed by atoms with Gasteiger partial charge in [0.2, 0.25) is 0 Å². The van der Waals surface area contributed by atoms with E-state index in [9.17, 15) is 0 Å². The minimum absolute atomic E-state index is 0.0800. The number of pyridine rings is 1. The van der Waals surface area contributed by atoms with Gasteiger partial charge in [-0.3, -0.25) is 4.98 Å². The number of aryl methyl sites for hydroxylation is 1. The van der Waals surface area contributed by atoms with E-state index in [1.165, 1.54) is 5.56 Å². The lowest BCUT2D eigenvalue weighted by Gasteiger charge is -2.06. The molecular weight excluding hydrogens is 250 g/mol. The fourth-order valence-corrected chi connectivity index (χ4v) is 1.85. The maximum absolute atomic E-state index is 8.44. The Bertz CT molecular complexity index is 587. The van der Waals surface area contributed by atoms with Crippen molar-refractivity contribution in [2.45, 2.75) is 20.0 Å². The number of rotatable bonds is 6. The molecule has 1 aromatic heterocycles. The lowest BCUT2D eigenvalue weighted by atomic mass is 10.2. The highest BCUT2D eigenvalue weighted by Crippen LogP contribution is 2.12. The molecule has 4 nitrogen and oxygen atoms in total. The molecule has 2 aromatic rings. The molecule has 0 unspecified atom stereocenters. The molecule has 0 saturated carbocycles. The summed E-state index contributed by atoms with van der Waals surface area (Å²) in [6.45, 7) is 3.59. The van der Waals surface area contributed by atoms with Crippen molar-refractivity contribution in [1.82, 2.24) is 10.3 Å². The number of nitrogens with one attached hydrogen (secondary N) is 1. The van der Waals surface area contributed by atoms with Gasteiger partial charge in [-0.1, -0.05) is 18.2 Å². The summed E-state index contributed by atoms with van der Waals surface area (Å²) in [6.07, 6.45) is 0. The minimum atomic E-state index is 0.0800. The Labute approximate surface area is 119 Å². The summed E-state index contributed by atoms with van der Waals surface area (Å²) in [5, 5.41) is 11.8. The molecule has 0 saturated heterocycles. The summed E-state index contributed by atoms with van der Waals surface area (Å²) in [7, 11) is 0. The summed E-state index contributed by atoms with van der Waals surface area (Å²) in [5.41, 5.74) is 3.24. The second kappa shape index (κ2) is 7.27. The van der Waals surface area contributed by atoms with Crippen LogP contribution in [0.25, 0.3) is 0 Å². The molecule has 0 fully saturated rings. The van der Waals surface area contributed by atoms with Crippen LogP contribution in [-0.4, -0.2) is 11.6 Å². The summed E-state index contributed by atoms with van der Waals surface area (Å²) in [5.74, 6) is 0.718. The van der Waals surface area contributed by atoms with Crippen LogP contribution in [0, 0.1) is 18.3 Å². The summed E-state index contributed by atoms with van der Waals surface area (Å²) in [4.78, 5) is 4.44. The maximum atomic E-state index is 8.44. The topological polar surface area (TPSA) is 57.9 Å². The van der Waals surface area contributed by atoms with Crippen LogP contribution in [0.15, 0.2) is 42.5 Å². The summed E-state index contributed by atoms with van der Waals surface area (Å²) in [6, 6.07) is 15.7. The Balaban J connectivity index is 1.81. The van der Waals surface area contributed by atoms with Crippen molar-refractivity contribution < 1.29 is 4.74 Å². The normalized spacial score (nSPS) is 10.0. The highest BCUT2D eigenvalue weighted by atomic mass is 16.5. The van der Waals surface area contributed by atoms with Crippen LogP contribution in [0.1, 0.15) is 17.0 Å². The van der Waals surface area contributed by atoms with Crippen LogP contribution in [0.4, 0.5) is 0 Å². The van der Waals surface area contributed by atoms with E-state index in [4.69, 9.17) is 10.00 Å². The first-order valence-corrected chi connectivity index (χ1v) is 6.50. The van der Waals surface area contributed by atoms with Gasteiger partial charge < -0.3 is 10.1 Å². The van der Waals surface area contributed by atoms with Gasteiger partial charge in [-0.2, -0.15) is 5.26 Å². The molecule has 102 valence electrons. The van der Waals surface area contributed by atoms with E-state index < -0.39 is 0 Å². The second-order valence-electron chi connectivity index (χ2n) is 4.46. The van der Waals surface area contributed by atoms with Crippen molar-refractivity contribution in [3.63, 3.8) is 0 Å². The van der Waals surface area contributed by atoms with E-state index in [1.807, 2.05) is 55.5 Å². The fourth-order valence-electron chi connectivity index (χ4n) is 1.85. The highest BCUT2D eigenvalue weighted by Gasteiger charge is 1.97. The Kier molecular flexibility index (Phi) is 5.10. The fraction of sp³-hybridized carbons (Fsp3) is 0.250. The molecule has 0 radical (unpaired) electrons. The van der Waals surface area contributed by atoms with Crippen molar-refractivity contribution in [3.05, 3.63) is 59.4 Å². The number of nitrogens with zero attached hydrogens (tertiary/aromatic N) is 2. The number of nitriles is 1. The molecule has 0 aliphatic carbocycles. The Morgan fingerprint density at radius 1 is 1.15 bits per heavy atom. The molecule has 0 aliphatic heterocycles. The van der Waals surface area contributed by atoms with Gasteiger partial charge in [0.1, 0.15) is 11.8 Å². The molecule has 1 heterocycles. The maximum Gasteiger partial charge on any atom is 0.174 e. The lowest BCUT2D eigenvalue weighted by Crippen LogP contribution is -2.13. The third-order valence-corrected chi connectivity index (χ3v) is 2.81. The van der Waals surface area contributed by atoms with Crippen LogP contribution in [0.3, 0.4) is 0 Å². The SMILES string of the molecule is Cc1cccc(CNCc2ccc(OCC#N)cc2)n1. The van der Waals surface area contributed by atoms with Crippen molar-refractivity contribution in [2.24, 2.45) is 0 Å². The zero-order valence-corrected chi connectivity index (χ0v) is 11.5. The molecule has 0 aliphatic rings. The smallest absolute Gasteiger partial charge is 0.174 e. The predicted molar refractivity (Wildman–Crippen MR) is 77.1 cm³/mol. The van der Waals surface area contributed by atoms with Gasteiger partial charge in [0.25, 0.3) is 0 Å². The zero-order valence-electron chi connectivity index (χ0n) is 11.5. The van der Waals surface area contributed by atoms with E-state index >= 15 is 0 Å². The first-order chi connectivity index (χ1) is 9.78. The molecule has 20 heavy (non-hydrogen) atoms. The van der Waals surface area contributed by atoms with Crippen molar-refractivity contribution in [2.75, 3.05) is 6.61 Å². The number of aromatic nitrogens is 1. The first-order valence-electron chi connectivity index (χ1n) is 6.50. The monoisotopic (exact) mass is 267 g/mol. The molecule has 0 amide bonds. The Hall–Kier alpha value is -2.38. The number of hydrogen-bond acceptors (Lipinski definition) is 4. The van der Waals surface area contributed by atoms with E-state index in [0.29, 0.717) is 0 Å². The molecular formula is C16H17N3O. The average molecular weight is 267 g/mol. The van der Waals surface area contributed by atoms with Crippen molar-refractivity contribution in [1.29, 1.82) is 5.26 Å². The van der Waals surface area contributed by atoms with Gasteiger partial charge in [-0.25, -0.2) is 0 Å². The largest absolute Gasteiger partial charge is 0.479 e. The first kappa shape index (κ1) is 14.0. The number of hydrogen-bond donors (Lipinski definition) is 1. The molecule has 0 spiro atoms. The molecule has 1 N–H and O–H groups in total. The summed E-state index contributed by atoms with van der Waals surface area (Å²) >= 11 is 0. The third-order valence-electron chi connectivity index (χ3n) is 2.81. The number of benzene rings is 1. The lowest BCUT2D eigenvalue weighted by molar-refractivity contribution is 0.368. The minimum Gasteiger partial charge on any atom is -0.479 e. The van der Waals surface area contributed by atoms with Gasteiger partial charge >= 0.3 is 0 Å². The summed E-state index contributed by atoms with van der Waals surface area (Å²) < 4.78 is 5.21. The molecule has 2 rings (SSSR count). The van der Waals surface area contributed by atoms with E-state index in [0.717, 1.165) is 30.2 Å². The quantitative estimate of drug-likeness (QED) is 0.874. The van der Waals surface area contributed by atoms with Crippen molar-refractivity contribution in [3.8, 4) is 11.8 Å². The van der Waals surface area contributed by atoms with E-state index in [-0.39, 0.29) is 6.61 Å². The highest BCUT2D eigenvalue weighted by molar-refractivity contribution is 5.27. The second-order valence-corrected chi connectivity index (χ2v) is 4.46.